The second kappa shape index (κ2) is 5.15. The molecule has 0 atom stereocenters. The molecule has 0 aliphatic rings. The van der Waals surface area contributed by atoms with E-state index in [2.05, 4.69) is 21.2 Å². The van der Waals surface area contributed by atoms with E-state index in [1.165, 1.54) is 6.07 Å². The van der Waals surface area contributed by atoms with Crippen LogP contribution in [0.4, 0.5) is 20.2 Å². The lowest BCUT2D eigenvalue weighted by molar-refractivity contribution is 0.509. The van der Waals surface area contributed by atoms with Crippen molar-refractivity contribution in [3.05, 3.63) is 58.1 Å². The third-order valence-electron chi connectivity index (χ3n) is 2.30. The maximum atomic E-state index is 13.1. The van der Waals surface area contributed by atoms with Gasteiger partial charge in [-0.3, -0.25) is 0 Å². The SMILES string of the molecule is N#Cc1ccc(Br)cc1Nc1ccc(F)c(F)c1. The van der Waals surface area contributed by atoms with Crippen LogP contribution in [0.1, 0.15) is 5.56 Å². The van der Waals surface area contributed by atoms with Crippen molar-refractivity contribution < 1.29 is 8.78 Å². The zero-order valence-electron chi connectivity index (χ0n) is 9.05. The third kappa shape index (κ3) is 2.66. The number of halogens is 3. The molecule has 0 unspecified atom stereocenters. The second-order valence-corrected chi connectivity index (χ2v) is 4.47. The van der Waals surface area contributed by atoms with Crippen LogP contribution >= 0.6 is 15.9 Å². The van der Waals surface area contributed by atoms with Gasteiger partial charge in [0.15, 0.2) is 11.6 Å². The third-order valence-corrected chi connectivity index (χ3v) is 2.79. The van der Waals surface area contributed by atoms with Gasteiger partial charge in [-0.25, -0.2) is 8.78 Å². The predicted octanol–water partition coefficient (Wildman–Crippen LogP) is 4.34. The van der Waals surface area contributed by atoms with Gasteiger partial charge in [0.05, 0.1) is 11.3 Å². The van der Waals surface area contributed by atoms with Crippen molar-refractivity contribution in [1.82, 2.24) is 0 Å². The summed E-state index contributed by atoms with van der Waals surface area (Å²) in [5.41, 5.74) is 1.32. The predicted molar refractivity (Wildman–Crippen MR) is 68.5 cm³/mol. The molecule has 2 rings (SSSR count). The van der Waals surface area contributed by atoms with Crippen molar-refractivity contribution in [2.45, 2.75) is 0 Å². The van der Waals surface area contributed by atoms with E-state index in [-0.39, 0.29) is 0 Å². The monoisotopic (exact) mass is 308 g/mol. The van der Waals surface area contributed by atoms with Gasteiger partial charge in [0.25, 0.3) is 0 Å². The highest BCUT2D eigenvalue weighted by molar-refractivity contribution is 9.10. The summed E-state index contributed by atoms with van der Waals surface area (Å²) in [5, 5.41) is 11.8. The lowest BCUT2D eigenvalue weighted by atomic mass is 10.2. The molecule has 0 amide bonds. The molecule has 0 aromatic heterocycles. The molecule has 1 N–H and O–H groups in total. The molecule has 0 saturated carbocycles. The first-order valence-electron chi connectivity index (χ1n) is 5.02. The van der Waals surface area contributed by atoms with Crippen LogP contribution in [0.25, 0.3) is 0 Å². The maximum absolute atomic E-state index is 13.1. The Morgan fingerprint density at radius 1 is 1.06 bits per heavy atom. The lowest BCUT2D eigenvalue weighted by Gasteiger charge is -2.09. The summed E-state index contributed by atoms with van der Waals surface area (Å²) in [6.07, 6.45) is 0. The molecule has 90 valence electrons. The summed E-state index contributed by atoms with van der Waals surface area (Å²) in [4.78, 5) is 0. The second-order valence-electron chi connectivity index (χ2n) is 3.56. The Labute approximate surface area is 111 Å². The highest BCUT2D eigenvalue weighted by Gasteiger charge is 2.06. The number of nitrogens with zero attached hydrogens (tertiary/aromatic N) is 1. The van der Waals surface area contributed by atoms with Crippen LogP contribution in [-0.2, 0) is 0 Å². The van der Waals surface area contributed by atoms with E-state index in [4.69, 9.17) is 5.26 Å². The zero-order valence-corrected chi connectivity index (χ0v) is 10.6. The van der Waals surface area contributed by atoms with E-state index in [1.807, 2.05) is 6.07 Å². The number of nitriles is 1. The maximum Gasteiger partial charge on any atom is 0.160 e. The molecular formula is C13H7BrF2N2. The van der Waals surface area contributed by atoms with Crippen LogP contribution in [0.5, 0.6) is 0 Å². The highest BCUT2D eigenvalue weighted by atomic mass is 79.9. The van der Waals surface area contributed by atoms with Crippen molar-refractivity contribution in [3.63, 3.8) is 0 Å². The van der Waals surface area contributed by atoms with Crippen molar-refractivity contribution in [1.29, 1.82) is 5.26 Å². The van der Waals surface area contributed by atoms with E-state index >= 15 is 0 Å². The first-order valence-corrected chi connectivity index (χ1v) is 5.81. The van der Waals surface area contributed by atoms with Gasteiger partial charge in [0, 0.05) is 16.2 Å². The molecule has 0 bridgehead atoms. The number of nitrogens with one attached hydrogen (secondary N) is 1. The molecule has 2 aromatic carbocycles. The Morgan fingerprint density at radius 2 is 1.83 bits per heavy atom. The van der Waals surface area contributed by atoms with E-state index < -0.39 is 11.6 Å². The quantitative estimate of drug-likeness (QED) is 0.895. The van der Waals surface area contributed by atoms with Gasteiger partial charge in [-0.2, -0.15) is 5.26 Å². The lowest BCUT2D eigenvalue weighted by Crippen LogP contribution is -1.95. The summed E-state index contributed by atoms with van der Waals surface area (Å²) >= 11 is 3.28. The molecule has 0 aliphatic heterocycles. The Morgan fingerprint density at radius 3 is 2.50 bits per heavy atom. The number of hydrogen-bond acceptors (Lipinski definition) is 2. The molecular weight excluding hydrogens is 302 g/mol. The molecule has 2 nitrogen and oxygen atoms in total. The summed E-state index contributed by atoms with van der Waals surface area (Å²) in [6, 6.07) is 10.5. The van der Waals surface area contributed by atoms with E-state index in [1.54, 1.807) is 18.2 Å². The minimum atomic E-state index is -0.937. The summed E-state index contributed by atoms with van der Waals surface area (Å²) in [5.74, 6) is -1.84. The average molecular weight is 309 g/mol. The number of anilines is 2. The molecule has 18 heavy (non-hydrogen) atoms. The molecule has 0 fully saturated rings. The molecule has 0 spiro atoms. The zero-order chi connectivity index (χ0) is 13.1. The van der Waals surface area contributed by atoms with E-state index in [0.29, 0.717) is 16.9 Å². The first-order chi connectivity index (χ1) is 8.60. The fourth-order valence-electron chi connectivity index (χ4n) is 1.45. The Balaban J connectivity index is 2.36. The average Bonchev–Trinajstić information content (AvgIpc) is 2.34. The van der Waals surface area contributed by atoms with Crippen LogP contribution < -0.4 is 5.32 Å². The Bertz CT molecular complexity index is 635. The Kier molecular flexibility index (Phi) is 3.58. The topological polar surface area (TPSA) is 35.8 Å². The fraction of sp³-hybridized carbons (Fsp3) is 0. The number of rotatable bonds is 2. The van der Waals surface area contributed by atoms with Crippen molar-refractivity contribution in [2.24, 2.45) is 0 Å². The molecule has 2 aromatic rings. The highest BCUT2D eigenvalue weighted by Crippen LogP contribution is 2.25. The van der Waals surface area contributed by atoms with Gasteiger partial charge in [0.1, 0.15) is 6.07 Å². The van der Waals surface area contributed by atoms with Crippen LogP contribution in [0.3, 0.4) is 0 Å². The molecule has 0 heterocycles. The van der Waals surface area contributed by atoms with Crippen LogP contribution in [-0.4, -0.2) is 0 Å². The smallest absolute Gasteiger partial charge is 0.160 e. The minimum absolute atomic E-state index is 0.378. The van der Waals surface area contributed by atoms with Gasteiger partial charge in [-0.05, 0) is 30.3 Å². The molecule has 5 heteroatoms. The molecule has 0 aliphatic carbocycles. The normalized spacial score (nSPS) is 9.89. The van der Waals surface area contributed by atoms with E-state index in [0.717, 1.165) is 16.6 Å². The number of hydrogen-bond donors (Lipinski definition) is 1. The molecule has 0 saturated heterocycles. The van der Waals surface area contributed by atoms with Crippen molar-refractivity contribution in [2.75, 3.05) is 5.32 Å². The Hall–Kier alpha value is -1.93. The van der Waals surface area contributed by atoms with E-state index in [9.17, 15) is 8.78 Å². The standard InChI is InChI=1S/C13H7BrF2N2/c14-9-2-1-8(7-17)13(5-9)18-10-3-4-11(15)12(16)6-10/h1-6,18H. The van der Waals surface area contributed by atoms with Gasteiger partial charge in [-0.1, -0.05) is 15.9 Å². The van der Waals surface area contributed by atoms with Crippen LogP contribution in [0, 0.1) is 23.0 Å². The van der Waals surface area contributed by atoms with Gasteiger partial charge < -0.3 is 5.32 Å². The number of benzene rings is 2. The summed E-state index contributed by atoms with van der Waals surface area (Å²) in [7, 11) is 0. The fourth-order valence-corrected chi connectivity index (χ4v) is 1.81. The van der Waals surface area contributed by atoms with Crippen LogP contribution in [0.2, 0.25) is 0 Å². The first kappa shape index (κ1) is 12.5. The minimum Gasteiger partial charge on any atom is -0.354 e. The largest absolute Gasteiger partial charge is 0.354 e. The van der Waals surface area contributed by atoms with Gasteiger partial charge in [0.2, 0.25) is 0 Å². The van der Waals surface area contributed by atoms with Crippen molar-refractivity contribution >= 4 is 27.3 Å². The van der Waals surface area contributed by atoms with Crippen molar-refractivity contribution in [3.8, 4) is 6.07 Å². The summed E-state index contributed by atoms with van der Waals surface area (Å²) in [6.45, 7) is 0. The van der Waals surface area contributed by atoms with Gasteiger partial charge in [-0.15, -0.1) is 0 Å². The summed E-state index contributed by atoms with van der Waals surface area (Å²) < 4.78 is 26.6. The van der Waals surface area contributed by atoms with Gasteiger partial charge >= 0.3 is 0 Å². The molecule has 0 radical (unpaired) electrons. The van der Waals surface area contributed by atoms with Crippen LogP contribution in [0.15, 0.2) is 40.9 Å².